The van der Waals surface area contributed by atoms with Gasteiger partial charge in [-0.25, -0.2) is 4.79 Å². The Morgan fingerprint density at radius 3 is 2.68 bits per heavy atom. The van der Waals surface area contributed by atoms with Gasteiger partial charge in [0.1, 0.15) is 0 Å². The monoisotopic (exact) mass is 264 g/mol. The number of benzene rings is 1. The molecule has 0 radical (unpaired) electrons. The number of aromatic nitrogens is 1. The lowest BCUT2D eigenvalue weighted by atomic mass is 9.85. The Morgan fingerprint density at radius 1 is 1.42 bits per heavy atom. The topological polar surface area (TPSA) is 81.4 Å². The second-order valence-corrected chi connectivity index (χ2v) is 5.27. The van der Waals surface area contributed by atoms with Gasteiger partial charge in [0.2, 0.25) is 0 Å². The number of oxazole rings is 1. The van der Waals surface area contributed by atoms with E-state index in [2.05, 4.69) is 0 Å². The summed E-state index contributed by atoms with van der Waals surface area (Å²) in [5.41, 5.74) is 8.39. The van der Waals surface area contributed by atoms with Crippen molar-refractivity contribution in [1.29, 1.82) is 0 Å². The van der Waals surface area contributed by atoms with Gasteiger partial charge in [0.05, 0.1) is 5.52 Å². The van der Waals surface area contributed by atoms with Crippen molar-refractivity contribution in [2.45, 2.75) is 19.9 Å². The molecule has 0 bridgehead atoms. The first kappa shape index (κ1) is 13.8. The fourth-order valence-corrected chi connectivity index (χ4v) is 2.34. The Balaban J connectivity index is 2.45. The van der Waals surface area contributed by atoms with Crippen LogP contribution in [-0.2, 0) is 7.05 Å². The predicted octanol–water partition coefficient (Wildman–Crippen LogP) is 1.40. The van der Waals surface area contributed by atoms with Crippen LogP contribution in [0.5, 0.6) is 0 Å². The number of fused-ring (bicyclic) bond motifs is 1. The molecule has 0 saturated heterocycles. The zero-order valence-corrected chi connectivity index (χ0v) is 11.5. The van der Waals surface area contributed by atoms with E-state index < -0.39 is 0 Å². The van der Waals surface area contributed by atoms with Gasteiger partial charge < -0.3 is 15.3 Å². The van der Waals surface area contributed by atoms with E-state index in [9.17, 15) is 9.90 Å². The SMILES string of the molecule is CC(C)C(CO)C(N)c1ccc2oc(=O)n(C)c2c1. The van der Waals surface area contributed by atoms with E-state index in [1.807, 2.05) is 26.0 Å². The highest BCUT2D eigenvalue weighted by molar-refractivity contribution is 5.73. The van der Waals surface area contributed by atoms with E-state index in [1.54, 1.807) is 13.1 Å². The quantitative estimate of drug-likeness (QED) is 0.874. The molecule has 19 heavy (non-hydrogen) atoms. The summed E-state index contributed by atoms with van der Waals surface area (Å²) < 4.78 is 6.54. The van der Waals surface area contributed by atoms with Crippen molar-refractivity contribution in [3.05, 3.63) is 34.3 Å². The van der Waals surface area contributed by atoms with Crippen LogP contribution in [0.25, 0.3) is 11.1 Å². The average Bonchev–Trinajstić information content (AvgIpc) is 2.65. The summed E-state index contributed by atoms with van der Waals surface area (Å²) in [5, 5.41) is 9.45. The van der Waals surface area contributed by atoms with E-state index in [4.69, 9.17) is 10.2 Å². The molecule has 5 heteroatoms. The number of rotatable bonds is 4. The number of aliphatic hydroxyl groups excluding tert-OH is 1. The normalized spacial score (nSPS) is 15.1. The number of nitrogens with zero attached hydrogens (tertiary/aromatic N) is 1. The highest BCUT2D eigenvalue weighted by atomic mass is 16.4. The Hall–Kier alpha value is -1.59. The average molecular weight is 264 g/mol. The first-order valence-corrected chi connectivity index (χ1v) is 6.41. The minimum absolute atomic E-state index is 0.0126. The van der Waals surface area contributed by atoms with Crippen LogP contribution in [0.2, 0.25) is 0 Å². The summed E-state index contributed by atoms with van der Waals surface area (Å²) in [6, 6.07) is 5.19. The third-order valence-corrected chi connectivity index (χ3v) is 3.73. The summed E-state index contributed by atoms with van der Waals surface area (Å²) >= 11 is 0. The summed E-state index contributed by atoms with van der Waals surface area (Å²) in [6.45, 7) is 4.11. The summed E-state index contributed by atoms with van der Waals surface area (Å²) in [4.78, 5) is 11.4. The first-order chi connectivity index (χ1) is 8.95. The third kappa shape index (κ3) is 2.43. The molecule has 0 aliphatic heterocycles. The maximum Gasteiger partial charge on any atom is 0.419 e. The summed E-state index contributed by atoms with van der Waals surface area (Å²) in [6.07, 6.45) is 0. The van der Waals surface area contributed by atoms with Gasteiger partial charge in [0.25, 0.3) is 0 Å². The van der Waals surface area contributed by atoms with Crippen LogP contribution in [0.3, 0.4) is 0 Å². The van der Waals surface area contributed by atoms with E-state index in [1.165, 1.54) is 4.57 Å². The molecular weight excluding hydrogens is 244 g/mol. The van der Waals surface area contributed by atoms with Crippen molar-refractivity contribution in [2.75, 3.05) is 6.61 Å². The van der Waals surface area contributed by atoms with Crippen LogP contribution in [0.4, 0.5) is 0 Å². The largest absolute Gasteiger partial charge is 0.419 e. The second-order valence-electron chi connectivity index (χ2n) is 5.27. The minimum Gasteiger partial charge on any atom is -0.408 e. The molecule has 0 aliphatic carbocycles. The van der Waals surface area contributed by atoms with Crippen molar-refractivity contribution in [2.24, 2.45) is 24.6 Å². The van der Waals surface area contributed by atoms with Crippen molar-refractivity contribution >= 4 is 11.1 Å². The molecule has 1 aromatic heterocycles. The van der Waals surface area contributed by atoms with Gasteiger partial charge in [-0.1, -0.05) is 19.9 Å². The molecule has 3 N–H and O–H groups in total. The first-order valence-electron chi connectivity index (χ1n) is 6.41. The molecule has 1 heterocycles. The standard InChI is InChI=1S/C14H20N2O3/c1-8(2)10(7-17)13(15)9-4-5-12-11(6-9)16(3)14(18)19-12/h4-6,8,10,13,17H,7,15H2,1-3H3. The lowest BCUT2D eigenvalue weighted by molar-refractivity contribution is 0.166. The molecule has 2 atom stereocenters. The fourth-order valence-electron chi connectivity index (χ4n) is 2.34. The minimum atomic E-state index is -0.386. The van der Waals surface area contributed by atoms with Crippen LogP contribution in [-0.4, -0.2) is 16.3 Å². The predicted molar refractivity (Wildman–Crippen MR) is 73.8 cm³/mol. The highest BCUT2D eigenvalue weighted by Crippen LogP contribution is 2.27. The molecule has 0 spiro atoms. The number of hydrogen-bond donors (Lipinski definition) is 2. The van der Waals surface area contributed by atoms with Crippen molar-refractivity contribution in [3.63, 3.8) is 0 Å². The van der Waals surface area contributed by atoms with Gasteiger partial charge in [-0.15, -0.1) is 0 Å². The van der Waals surface area contributed by atoms with Crippen LogP contribution < -0.4 is 11.5 Å². The molecule has 0 aliphatic rings. The van der Waals surface area contributed by atoms with E-state index in [0.717, 1.165) is 11.1 Å². The number of nitrogens with two attached hydrogens (primary N) is 1. The molecule has 2 unspecified atom stereocenters. The van der Waals surface area contributed by atoms with Gasteiger partial charge in [-0.05, 0) is 23.6 Å². The summed E-state index contributed by atoms with van der Waals surface area (Å²) in [7, 11) is 1.66. The number of hydrogen-bond acceptors (Lipinski definition) is 4. The van der Waals surface area contributed by atoms with Crippen LogP contribution in [0.1, 0.15) is 25.5 Å². The van der Waals surface area contributed by atoms with Gasteiger partial charge in [-0.3, -0.25) is 4.57 Å². The zero-order chi connectivity index (χ0) is 14.2. The van der Waals surface area contributed by atoms with E-state index in [0.29, 0.717) is 5.58 Å². The Labute approximate surface area is 111 Å². The molecule has 2 rings (SSSR count). The van der Waals surface area contributed by atoms with Crippen LogP contribution in [0.15, 0.2) is 27.4 Å². The second kappa shape index (κ2) is 5.19. The maximum absolute atomic E-state index is 11.4. The molecular formula is C14H20N2O3. The molecule has 2 aromatic rings. The van der Waals surface area contributed by atoms with Gasteiger partial charge >= 0.3 is 5.76 Å². The van der Waals surface area contributed by atoms with Crippen molar-refractivity contribution in [1.82, 2.24) is 4.57 Å². The Kier molecular flexibility index (Phi) is 3.78. The lowest BCUT2D eigenvalue weighted by Gasteiger charge is -2.25. The van der Waals surface area contributed by atoms with Gasteiger partial charge in [0.15, 0.2) is 5.58 Å². The van der Waals surface area contributed by atoms with Crippen LogP contribution in [0, 0.1) is 11.8 Å². The molecule has 104 valence electrons. The molecule has 5 nitrogen and oxygen atoms in total. The highest BCUT2D eigenvalue weighted by Gasteiger charge is 2.22. The van der Waals surface area contributed by atoms with Crippen molar-refractivity contribution < 1.29 is 9.52 Å². The van der Waals surface area contributed by atoms with Crippen molar-refractivity contribution in [3.8, 4) is 0 Å². The van der Waals surface area contributed by atoms with Gasteiger partial charge in [-0.2, -0.15) is 0 Å². The van der Waals surface area contributed by atoms with Gasteiger partial charge in [0, 0.05) is 25.6 Å². The Bertz CT molecular complexity index is 627. The fraction of sp³-hybridized carbons (Fsp3) is 0.500. The molecule has 0 amide bonds. The van der Waals surface area contributed by atoms with E-state index >= 15 is 0 Å². The smallest absolute Gasteiger partial charge is 0.408 e. The van der Waals surface area contributed by atoms with E-state index in [-0.39, 0.29) is 30.2 Å². The van der Waals surface area contributed by atoms with Crippen LogP contribution >= 0.6 is 0 Å². The third-order valence-electron chi connectivity index (χ3n) is 3.73. The Morgan fingerprint density at radius 2 is 2.11 bits per heavy atom. The molecule has 0 fully saturated rings. The molecule has 0 saturated carbocycles. The number of aryl methyl sites for hydroxylation is 1. The number of aliphatic hydroxyl groups is 1. The summed E-state index contributed by atoms with van der Waals surface area (Å²) in [5.74, 6) is -0.117. The zero-order valence-electron chi connectivity index (χ0n) is 11.5. The maximum atomic E-state index is 11.4. The molecule has 1 aromatic carbocycles. The lowest BCUT2D eigenvalue weighted by Crippen LogP contribution is -2.28.